The van der Waals surface area contributed by atoms with Crippen molar-refractivity contribution in [3.63, 3.8) is 0 Å². The number of rotatable bonds is 6. The largest absolute Gasteiger partial charge is 0.374 e. The standard InChI is InChI=1S/C13H23N3/c1-5-11(2)10-16(4)13-6-7-15-9-12(13)8-14-3/h6-7,9,11,14H,5,8,10H2,1-4H3. The van der Waals surface area contributed by atoms with Crippen molar-refractivity contribution in [1.29, 1.82) is 0 Å². The average Bonchev–Trinajstić information content (AvgIpc) is 2.30. The first-order valence-electron chi connectivity index (χ1n) is 5.97. The Bertz CT molecular complexity index is 312. The van der Waals surface area contributed by atoms with Crippen LogP contribution in [-0.4, -0.2) is 25.6 Å². The van der Waals surface area contributed by atoms with Crippen molar-refractivity contribution in [3.05, 3.63) is 24.0 Å². The van der Waals surface area contributed by atoms with Crippen LogP contribution in [0.15, 0.2) is 18.5 Å². The van der Waals surface area contributed by atoms with Crippen molar-refractivity contribution in [2.24, 2.45) is 5.92 Å². The van der Waals surface area contributed by atoms with Crippen LogP contribution in [0, 0.1) is 5.92 Å². The fraction of sp³-hybridized carbons (Fsp3) is 0.615. The van der Waals surface area contributed by atoms with Crippen molar-refractivity contribution in [3.8, 4) is 0 Å². The molecule has 0 amide bonds. The van der Waals surface area contributed by atoms with Crippen molar-refractivity contribution in [1.82, 2.24) is 10.3 Å². The van der Waals surface area contributed by atoms with Gasteiger partial charge in [0.2, 0.25) is 0 Å². The van der Waals surface area contributed by atoms with Gasteiger partial charge >= 0.3 is 0 Å². The number of aromatic nitrogens is 1. The van der Waals surface area contributed by atoms with Gasteiger partial charge in [0.1, 0.15) is 0 Å². The van der Waals surface area contributed by atoms with E-state index in [0.29, 0.717) is 0 Å². The smallest absolute Gasteiger partial charge is 0.0440 e. The third-order valence-electron chi connectivity index (χ3n) is 2.94. The molecule has 0 aliphatic rings. The van der Waals surface area contributed by atoms with Gasteiger partial charge in [-0.15, -0.1) is 0 Å². The molecule has 1 rings (SSSR count). The van der Waals surface area contributed by atoms with Crippen LogP contribution in [0.1, 0.15) is 25.8 Å². The van der Waals surface area contributed by atoms with Gasteiger partial charge in [-0.2, -0.15) is 0 Å². The van der Waals surface area contributed by atoms with Crippen LogP contribution in [0.25, 0.3) is 0 Å². The first-order chi connectivity index (χ1) is 7.69. The maximum atomic E-state index is 4.18. The number of pyridine rings is 1. The van der Waals surface area contributed by atoms with E-state index in [1.807, 2.05) is 19.4 Å². The molecule has 0 saturated heterocycles. The van der Waals surface area contributed by atoms with Crippen molar-refractivity contribution in [2.45, 2.75) is 26.8 Å². The van der Waals surface area contributed by atoms with Crippen molar-refractivity contribution < 1.29 is 0 Å². The van der Waals surface area contributed by atoms with Crippen LogP contribution < -0.4 is 10.2 Å². The Balaban J connectivity index is 2.77. The molecule has 3 heteroatoms. The fourth-order valence-electron chi connectivity index (χ4n) is 1.81. The quantitative estimate of drug-likeness (QED) is 0.799. The van der Waals surface area contributed by atoms with Gasteiger partial charge in [0.05, 0.1) is 0 Å². The molecule has 0 radical (unpaired) electrons. The van der Waals surface area contributed by atoms with E-state index in [-0.39, 0.29) is 0 Å². The van der Waals surface area contributed by atoms with Gasteiger partial charge in [0.25, 0.3) is 0 Å². The number of nitrogens with one attached hydrogen (secondary N) is 1. The Morgan fingerprint density at radius 3 is 2.88 bits per heavy atom. The number of hydrogen-bond acceptors (Lipinski definition) is 3. The lowest BCUT2D eigenvalue weighted by Gasteiger charge is -2.25. The molecule has 0 aliphatic carbocycles. The van der Waals surface area contributed by atoms with E-state index < -0.39 is 0 Å². The lowest BCUT2D eigenvalue weighted by molar-refractivity contribution is 0.558. The number of hydrogen-bond donors (Lipinski definition) is 1. The zero-order valence-electron chi connectivity index (χ0n) is 10.8. The second kappa shape index (κ2) is 6.48. The molecule has 0 saturated carbocycles. The monoisotopic (exact) mass is 221 g/mol. The van der Waals surface area contributed by atoms with Gasteiger partial charge in [-0.1, -0.05) is 20.3 Å². The Hall–Kier alpha value is -1.09. The molecule has 16 heavy (non-hydrogen) atoms. The molecule has 1 unspecified atom stereocenters. The van der Waals surface area contributed by atoms with E-state index in [4.69, 9.17) is 0 Å². The second-order valence-corrected chi connectivity index (χ2v) is 4.43. The Labute approximate surface area is 98.9 Å². The lowest BCUT2D eigenvalue weighted by Crippen LogP contribution is -2.25. The molecule has 1 aromatic heterocycles. The van der Waals surface area contributed by atoms with Crippen molar-refractivity contribution in [2.75, 3.05) is 25.5 Å². The zero-order chi connectivity index (χ0) is 12.0. The van der Waals surface area contributed by atoms with Crippen LogP contribution in [0.5, 0.6) is 0 Å². The molecule has 0 fully saturated rings. The summed E-state index contributed by atoms with van der Waals surface area (Å²) in [5.41, 5.74) is 2.54. The topological polar surface area (TPSA) is 28.2 Å². The summed E-state index contributed by atoms with van der Waals surface area (Å²) in [6, 6.07) is 2.09. The fourth-order valence-corrected chi connectivity index (χ4v) is 1.81. The summed E-state index contributed by atoms with van der Waals surface area (Å²) in [5.74, 6) is 0.723. The highest BCUT2D eigenvalue weighted by atomic mass is 15.1. The highest BCUT2D eigenvalue weighted by Crippen LogP contribution is 2.19. The highest BCUT2D eigenvalue weighted by molar-refractivity contribution is 5.51. The van der Waals surface area contributed by atoms with Gasteiger partial charge in [-0.25, -0.2) is 0 Å². The number of anilines is 1. The first-order valence-corrected chi connectivity index (χ1v) is 5.97. The minimum Gasteiger partial charge on any atom is -0.374 e. The van der Waals surface area contributed by atoms with Crippen LogP contribution >= 0.6 is 0 Å². The van der Waals surface area contributed by atoms with E-state index >= 15 is 0 Å². The first kappa shape index (κ1) is 13.0. The molecular formula is C13H23N3. The number of nitrogens with zero attached hydrogens (tertiary/aromatic N) is 2. The predicted octanol–water partition coefficient (Wildman–Crippen LogP) is 2.28. The van der Waals surface area contributed by atoms with E-state index in [1.54, 1.807) is 0 Å². The molecule has 1 atom stereocenters. The summed E-state index contributed by atoms with van der Waals surface area (Å²) < 4.78 is 0. The van der Waals surface area contributed by atoms with Crippen LogP contribution in [0.4, 0.5) is 5.69 Å². The van der Waals surface area contributed by atoms with Crippen LogP contribution in [0.2, 0.25) is 0 Å². The molecule has 0 aromatic carbocycles. The molecule has 3 nitrogen and oxygen atoms in total. The lowest BCUT2D eigenvalue weighted by atomic mass is 10.1. The second-order valence-electron chi connectivity index (χ2n) is 4.43. The average molecular weight is 221 g/mol. The summed E-state index contributed by atoms with van der Waals surface area (Å²) in [6.45, 7) is 6.49. The Kier molecular flexibility index (Phi) is 5.26. The maximum Gasteiger partial charge on any atom is 0.0440 e. The predicted molar refractivity (Wildman–Crippen MR) is 69.7 cm³/mol. The minimum atomic E-state index is 0.723. The third-order valence-corrected chi connectivity index (χ3v) is 2.94. The van der Waals surface area contributed by atoms with E-state index in [2.05, 4.69) is 42.2 Å². The zero-order valence-corrected chi connectivity index (χ0v) is 10.8. The van der Waals surface area contributed by atoms with Crippen LogP contribution in [0.3, 0.4) is 0 Å². The van der Waals surface area contributed by atoms with Gasteiger partial charge in [-0.05, 0) is 19.0 Å². The molecule has 90 valence electrons. The Morgan fingerprint density at radius 1 is 1.50 bits per heavy atom. The van der Waals surface area contributed by atoms with Crippen molar-refractivity contribution >= 4 is 5.69 Å². The van der Waals surface area contributed by atoms with E-state index in [0.717, 1.165) is 19.0 Å². The summed E-state index contributed by atoms with van der Waals surface area (Å²) >= 11 is 0. The molecule has 0 bridgehead atoms. The molecule has 1 heterocycles. The molecule has 1 N–H and O–H groups in total. The maximum absolute atomic E-state index is 4.18. The summed E-state index contributed by atoms with van der Waals surface area (Å²) in [5, 5.41) is 3.18. The minimum absolute atomic E-state index is 0.723. The molecule has 1 aromatic rings. The summed E-state index contributed by atoms with van der Waals surface area (Å²) in [6.07, 6.45) is 5.03. The summed E-state index contributed by atoms with van der Waals surface area (Å²) in [7, 11) is 4.12. The van der Waals surface area contributed by atoms with Gasteiger partial charge in [0.15, 0.2) is 0 Å². The molecular weight excluding hydrogens is 198 g/mol. The van der Waals surface area contributed by atoms with Gasteiger partial charge in [-0.3, -0.25) is 4.98 Å². The normalized spacial score (nSPS) is 12.5. The summed E-state index contributed by atoms with van der Waals surface area (Å²) in [4.78, 5) is 6.50. The molecule has 0 aliphatic heterocycles. The van der Waals surface area contributed by atoms with Crippen LogP contribution in [-0.2, 0) is 6.54 Å². The van der Waals surface area contributed by atoms with Gasteiger partial charge < -0.3 is 10.2 Å². The van der Waals surface area contributed by atoms with E-state index in [1.165, 1.54) is 17.7 Å². The van der Waals surface area contributed by atoms with Gasteiger partial charge in [0, 0.05) is 43.8 Å². The SMILES string of the molecule is CCC(C)CN(C)c1ccncc1CNC. The highest BCUT2D eigenvalue weighted by Gasteiger charge is 2.09. The Morgan fingerprint density at radius 2 is 2.25 bits per heavy atom. The van der Waals surface area contributed by atoms with E-state index in [9.17, 15) is 0 Å². The molecule has 0 spiro atoms. The third kappa shape index (κ3) is 3.49.